The average molecular weight is 357 g/mol. The maximum atomic E-state index is 13.1. The van der Waals surface area contributed by atoms with E-state index in [1.54, 1.807) is 6.20 Å². The van der Waals surface area contributed by atoms with Gasteiger partial charge in [-0.2, -0.15) is 18.3 Å². The molecule has 0 atom stereocenters. The second-order valence-electron chi connectivity index (χ2n) is 5.64. The molecule has 0 amide bonds. The summed E-state index contributed by atoms with van der Waals surface area (Å²) in [5.74, 6) is 0.788. The van der Waals surface area contributed by atoms with Crippen LogP contribution >= 0.6 is 11.6 Å². The predicted octanol–water partition coefficient (Wildman–Crippen LogP) is 3.47. The lowest BCUT2D eigenvalue weighted by atomic mass is 10.1. The van der Waals surface area contributed by atoms with Crippen molar-refractivity contribution < 1.29 is 13.2 Å². The van der Waals surface area contributed by atoms with Gasteiger partial charge in [-0.05, 0) is 35.9 Å². The first kappa shape index (κ1) is 17.0. The van der Waals surface area contributed by atoms with E-state index in [1.807, 2.05) is 17.0 Å². The van der Waals surface area contributed by atoms with E-state index < -0.39 is 11.7 Å². The van der Waals surface area contributed by atoms with Crippen LogP contribution in [0.1, 0.15) is 11.1 Å². The van der Waals surface area contributed by atoms with Gasteiger partial charge >= 0.3 is 6.18 Å². The summed E-state index contributed by atoms with van der Waals surface area (Å²) in [7, 11) is 0. The van der Waals surface area contributed by atoms with Crippen molar-refractivity contribution in [1.29, 1.82) is 0 Å². The van der Waals surface area contributed by atoms with Crippen molar-refractivity contribution >= 4 is 17.4 Å². The Balaban J connectivity index is 1.67. The van der Waals surface area contributed by atoms with Gasteiger partial charge in [0.15, 0.2) is 5.82 Å². The zero-order chi connectivity index (χ0) is 17.2. The lowest BCUT2D eigenvalue weighted by Gasteiger charge is -2.35. The Morgan fingerprint density at radius 1 is 1.08 bits per heavy atom. The summed E-state index contributed by atoms with van der Waals surface area (Å²) in [6, 6.07) is 7.42. The first-order valence-corrected chi connectivity index (χ1v) is 7.92. The summed E-state index contributed by atoms with van der Waals surface area (Å²) >= 11 is 5.88. The maximum Gasteiger partial charge on any atom is 0.416 e. The molecular formula is C16H16ClF3N4. The zero-order valence-corrected chi connectivity index (χ0v) is 13.6. The number of aromatic nitrogens is 2. The van der Waals surface area contributed by atoms with Gasteiger partial charge in [0, 0.05) is 43.9 Å². The molecule has 2 aromatic rings. The third kappa shape index (κ3) is 3.96. The SMILES string of the molecule is FC(F)(F)c1ccc(Cl)cc1CN1CCN(c2cccnn2)CC1. The van der Waals surface area contributed by atoms with E-state index in [1.165, 1.54) is 12.1 Å². The molecule has 0 bridgehead atoms. The Morgan fingerprint density at radius 3 is 2.46 bits per heavy atom. The van der Waals surface area contributed by atoms with Crippen molar-refractivity contribution in [1.82, 2.24) is 15.1 Å². The molecule has 24 heavy (non-hydrogen) atoms. The summed E-state index contributed by atoms with van der Waals surface area (Å²) in [4.78, 5) is 4.07. The number of hydrogen-bond donors (Lipinski definition) is 0. The van der Waals surface area contributed by atoms with Crippen LogP contribution in [0.5, 0.6) is 0 Å². The molecular weight excluding hydrogens is 341 g/mol. The topological polar surface area (TPSA) is 32.3 Å². The second-order valence-corrected chi connectivity index (χ2v) is 6.08. The smallest absolute Gasteiger partial charge is 0.353 e. The maximum absolute atomic E-state index is 13.1. The van der Waals surface area contributed by atoms with Gasteiger partial charge in [0.25, 0.3) is 0 Å². The number of alkyl halides is 3. The third-order valence-corrected chi connectivity index (χ3v) is 4.26. The zero-order valence-electron chi connectivity index (χ0n) is 12.8. The first-order valence-electron chi connectivity index (χ1n) is 7.54. The Kier molecular flexibility index (Phi) is 4.91. The number of benzene rings is 1. The van der Waals surface area contributed by atoms with E-state index in [9.17, 15) is 13.2 Å². The lowest BCUT2D eigenvalue weighted by Crippen LogP contribution is -2.46. The van der Waals surface area contributed by atoms with E-state index in [2.05, 4.69) is 15.1 Å². The average Bonchev–Trinajstić information content (AvgIpc) is 2.55. The highest BCUT2D eigenvalue weighted by atomic mass is 35.5. The van der Waals surface area contributed by atoms with E-state index in [0.29, 0.717) is 31.2 Å². The lowest BCUT2D eigenvalue weighted by molar-refractivity contribution is -0.138. The van der Waals surface area contributed by atoms with Crippen molar-refractivity contribution in [3.05, 3.63) is 52.7 Å². The molecule has 1 aromatic carbocycles. The highest BCUT2D eigenvalue weighted by Gasteiger charge is 2.33. The van der Waals surface area contributed by atoms with Gasteiger partial charge in [-0.1, -0.05) is 11.6 Å². The predicted molar refractivity (Wildman–Crippen MR) is 86.0 cm³/mol. The monoisotopic (exact) mass is 356 g/mol. The minimum Gasteiger partial charge on any atom is -0.353 e. The van der Waals surface area contributed by atoms with Crippen LogP contribution in [-0.4, -0.2) is 41.3 Å². The summed E-state index contributed by atoms with van der Waals surface area (Å²) in [5.41, 5.74) is -0.411. The van der Waals surface area contributed by atoms with Crippen LogP contribution in [-0.2, 0) is 12.7 Å². The van der Waals surface area contributed by atoms with Gasteiger partial charge in [0.1, 0.15) is 0 Å². The van der Waals surface area contributed by atoms with Crippen LogP contribution in [0, 0.1) is 0 Å². The molecule has 1 aliphatic heterocycles. The molecule has 1 aromatic heterocycles. The third-order valence-electron chi connectivity index (χ3n) is 4.02. The van der Waals surface area contributed by atoms with E-state index in [0.717, 1.165) is 11.9 Å². The molecule has 0 radical (unpaired) electrons. The standard InChI is InChI=1S/C16H16ClF3N4/c17-13-3-4-14(16(18,19)20)12(10-13)11-23-6-8-24(9-7-23)15-2-1-5-21-22-15/h1-5,10H,6-9,11H2. The highest BCUT2D eigenvalue weighted by molar-refractivity contribution is 6.30. The first-order chi connectivity index (χ1) is 11.4. The normalized spacial score (nSPS) is 16.4. The molecule has 0 aliphatic carbocycles. The van der Waals surface area contributed by atoms with Crippen LogP contribution in [0.3, 0.4) is 0 Å². The fourth-order valence-electron chi connectivity index (χ4n) is 2.81. The molecule has 4 nitrogen and oxygen atoms in total. The molecule has 0 saturated carbocycles. The van der Waals surface area contributed by atoms with Crippen LogP contribution in [0.2, 0.25) is 5.02 Å². The van der Waals surface area contributed by atoms with Crippen LogP contribution in [0.25, 0.3) is 0 Å². The minimum atomic E-state index is -4.37. The molecule has 0 unspecified atom stereocenters. The number of rotatable bonds is 3. The van der Waals surface area contributed by atoms with Gasteiger partial charge in [-0.15, -0.1) is 5.10 Å². The van der Waals surface area contributed by atoms with Crippen molar-refractivity contribution in [2.24, 2.45) is 0 Å². The van der Waals surface area contributed by atoms with Crippen molar-refractivity contribution in [3.8, 4) is 0 Å². The van der Waals surface area contributed by atoms with Gasteiger partial charge < -0.3 is 4.90 Å². The van der Waals surface area contributed by atoms with Crippen molar-refractivity contribution in [3.63, 3.8) is 0 Å². The van der Waals surface area contributed by atoms with E-state index >= 15 is 0 Å². The largest absolute Gasteiger partial charge is 0.416 e. The summed E-state index contributed by atoms with van der Waals surface area (Å²) in [6.45, 7) is 2.92. The molecule has 1 fully saturated rings. The number of nitrogens with zero attached hydrogens (tertiary/aromatic N) is 4. The van der Waals surface area contributed by atoms with Crippen LogP contribution in [0.15, 0.2) is 36.5 Å². The fraction of sp³-hybridized carbons (Fsp3) is 0.375. The van der Waals surface area contributed by atoms with Gasteiger partial charge in [-0.3, -0.25) is 4.90 Å². The summed E-state index contributed by atoms with van der Waals surface area (Å²) in [5, 5.41) is 8.23. The molecule has 3 rings (SSSR count). The van der Waals surface area contributed by atoms with Crippen molar-refractivity contribution in [2.45, 2.75) is 12.7 Å². The Hall–Kier alpha value is -1.86. The quantitative estimate of drug-likeness (QED) is 0.843. The van der Waals surface area contributed by atoms with Crippen LogP contribution in [0.4, 0.5) is 19.0 Å². The van der Waals surface area contributed by atoms with Gasteiger partial charge in [-0.25, -0.2) is 0 Å². The molecule has 1 aliphatic rings. The van der Waals surface area contributed by atoms with E-state index in [-0.39, 0.29) is 12.1 Å². The molecule has 2 heterocycles. The molecule has 1 saturated heterocycles. The highest BCUT2D eigenvalue weighted by Crippen LogP contribution is 2.34. The number of halogens is 4. The minimum absolute atomic E-state index is 0.211. The second kappa shape index (κ2) is 6.94. The fourth-order valence-corrected chi connectivity index (χ4v) is 3.00. The molecule has 0 N–H and O–H groups in total. The van der Waals surface area contributed by atoms with Crippen molar-refractivity contribution in [2.75, 3.05) is 31.1 Å². The van der Waals surface area contributed by atoms with Gasteiger partial charge in [0.05, 0.1) is 5.56 Å². The summed E-state index contributed by atoms with van der Waals surface area (Å²) in [6.07, 6.45) is -2.76. The Bertz CT molecular complexity index is 685. The van der Waals surface area contributed by atoms with Crippen LogP contribution < -0.4 is 4.90 Å². The number of hydrogen-bond acceptors (Lipinski definition) is 4. The number of anilines is 1. The Morgan fingerprint density at radius 2 is 1.83 bits per heavy atom. The van der Waals surface area contributed by atoms with Gasteiger partial charge in [0.2, 0.25) is 0 Å². The molecule has 0 spiro atoms. The molecule has 128 valence electrons. The Labute approximate surface area is 142 Å². The summed E-state index contributed by atoms with van der Waals surface area (Å²) < 4.78 is 39.4. The van der Waals surface area contributed by atoms with E-state index in [4.69, 9.17) is 11.6 Å². The molecule has 8 heteroatoms. The number of piperazine rings is 1.